The standard InChI is InChI=1S/C11H18F2OS/c1-2-14-10-5-7-3-8(10)4-9(7)6-11(12,13)15/h7-10,15H,2-6H2,1H3. The molecule has 2 fully saturated rings. The first-order valence-corrected chi connectivity index (χ1v) is 6.16. The van der Waals surface area contributed by atoms with Gasteiger partial charge >= 0.3 is 0 Å². The molecule has 4 heteroatoms. The quantitative estimate of drug-likeness (QED) is 0.736. The highest BCUT2D eigenvalue weighted by Gasteiger charge is 2.48. The molecule has 0 aliphatic heterocycles. The topological polar surface area (TPSA) is 9.23 Å². The fraction of sp³-hybridized carbons (Fsp3) is 1.00. The van der Waals surface area contributed by atoms with Gasteiger partial charge in [0.15, 0.2) is 0 Å². The van der Waals surface area contributed by atoms with Crippen LogP contribution in [0.15, 0.2) is 0 Å². The molecule has 0 heterocycles. The van der Waals surface area contributed by atoms with Crippen LogP contribution < -0.4 is 0 Å². The van der Waals surface area contributed by atoms with E-state index in [4.69, 9.17) is 4.74 Å². The number of hydrogen-bond donors (Lipinski definition) is 1. The van der Waals surface area contributed by atoms with Crippen LogP contribution in [0.4, 0.5) is 8.78 Å². The van der Waals surface area contributed by atoms with Gasteiger partial charge in [-0.3, -0.25) is 0 Å². The van der Waals surface area contributed by atoms with E-state index in [1.54, 1.807) is 0 Å². The minimum Gasteiger partial charge on any atom is -0.378 e. The molecule has 0 aromatic heterocycles. The average Bonchev–Trinajstić information content (AvgIpc) is 2.60. The number of halogens is 2. The van der Waals surface area contributed by atoms with Crippen LogP contribution in [0.1, 0.15) is 32.6 Å². The van der Waals surface area contributed by atoms with E-state index in [0.29, 0.717) is 17.9 Å². The second-order valence-corrected chi connectivity index (χ2v) is 5.51. The summed E-state index contributed by atoms with van der Waals surface area (Å²) in [6.07, 6.45) is 3.25. The molecule has 0 spiro atoms. The Balaban J connectivity index is 1.86. The number of fused-ring (bicyclic) bond motifs is 2. The molecule has 15 heavy (non-hydrogen) atoms. The molecule has 2 aliphatic carbocycles. The third-order valence-electron chi connectivity index (χ3n) is 3.83. The number of alkyl halides is 2. The van der Waals surface area contributed by atoms with Gasteiger partial charge in [-0.05, 0) is 43.9 Å². The lowest BCUT2D eigenvalue weighted by atomic mass is 9.85. The molecule has 88 valence electrons. The molecule has 0 saturated heterocycles. The number of rotatable bonds is 4. The molecule has 2 rings (SSSR count). The Labute approximate surface area is 95.0 Å². The van der Waals surface area contributed by atoms with Crippen molar-refractivity contribution >= 4 is 12.6 Å². The molecule has 4 unspecified atom stereocenters. The first-order chi connectivity index (χ1) is 6.99. The third-order valence-corrected chi connectivity index (χ3v) is 4.01. The summed E-state index contributed by atoms with van der Waals surface area (Å²) in [7, 11) is 0. The van der Waals surface area contributed by atoms with Crippen LogP contribution in [0.5, 0.6) is 0 Å². The first-order valence-electron chi connectivity index (χ1n) is 5.71. The third kappa shape index (κ3) is 2.64. The summed E-state index contributed by atoms with van der Waals surface area (Å²) in [5.74, 6) is 1.14. The summed E-state index contributed by atoms with van der Waals surface area (Å²) in [6, 6.07) is 0. The van der Waals surface area contributed by atoms with Crippen molar-refractivity contribution in [1.29, 1.82) is 0 Å². The lowest BCUT2D eigenvalue weighted by Gasteiger charge is -2.28. The van der Waals surface area contributed by atoms with Crippen LogP contribution in [0.2, 0.25) is 0 Å². The Morgan fingerprint density at radius 1 is 1.27 bits per heavy atom. The Hall–Kier alpha value is 0.170. The molecule has 0 N–H and O–H groups in total. The van der Waals surface area contributed by atoms with E-state index in [1.165, 1.54) is 0 Å². The van der Waals surface area contributed by atoms with Crippen LogP contribution in [0.3, 0.4) is 0 Å². The monoisotopic (exact) mass is 236 g/mol. The van der Waals surface area contributed by atoms with E-state index in [0.717, 1.165) is 25.9 Å². The van der Waals surface area contributed by atoms with Crippen molar-refractivity contribution in [1.82, 2.24) is 0 Å². The fourth-order valence-electron chi connectivity index (χ4n) is 3.33. The van der Waals surface area contributed by atoms with Gasteiger partial charge in [0.1, 0.15) is 0 Å². The van der Waals surface area contributed by atoms with Crippen molar-refractivity contribution in [3.63, 3.8) is 0 Å². The molecule has 1 nitrogen and oxygen atoms in total. The van der Waals surface area contributed by atoms with E-state index < -0.39 is 5.25 Å². The average molecular weight is 236 g/mol. The van der Waals surface area contributed by atoms with Gasteiger partial charge in [-0.15, -0.1) is 12.6 Å². The SMILES string of the molecule is CCOC1CC2CC1CC2CC(F)(F)S. The highest BCUT2D eigenvalue weighted by molar-refractivity contribution is 7.81. The minimum absolute atomic E-state index is 0.0594. The lowest BCUT2D eigenvalue weighted by Crippen LogP contribution is -2.27. The molecule has 0 amide bonds. The predicted octanol–water partition coefficient (Wildman–Crippen LogP) is 3.35. The summed E-state index contributed by atoms with van der Waals surface area (Å²) in [6.45, 7) is 2.73. The van der Waals surface area contributed by atoms with Gasteiger partial charge in [-0.1, -0.05) is 0 Å². The zero-order valence-corrected chi connectivity index (χ0v) is 9.85. The molecular formula is C11H18F2OS. The summed E-state index contributed by atoms with van der Waals surface area (Å²) in [5, 5.41) is -2.80. The van der Waals surface area contributed by atoms with Gasteiger partial charge in [0.05, 0.1) is 6.10 Å². The van der Waals surface area contributed by atoms with Crippen molar-refractivity contribution in [2.75, 3.05) is 6.61 Å². The maximum Gasteiger partial charge on any atom is 0.291 e. The van der Waals surface area contributed by atoms with Gasteiger partial charge in [-0.25, -0.2) is 0 Å². The van der Waals surface area contributed by atoms with Crippen LogP contribution in [-0.4, -0.2) is 18.0 Å². The van der Waals surface area contributed by atoms with Crippen molar-refractivity contribution < 1.29 is 13.5 Å². The van der Waals surface area contributed by atoms with Crippen molar-refractivity contribution in [3.05, 3.63) is 0 Å². The zero-order chi connectivity index (χ0) is 11.1. The Morgan fingerprint density at radius 3 is 2.47 bits per heavy atom. The summed E-state index contributed by atoms with van der Waals surface area (Å²) < 4.78 is 31.2. The first kappa shape index (κ1) is 11.6. The summed E-state index contributed by atoms with van der Waals surface area (Å²) >= 11 is 3.32. The second kappa shape index (κ2) is 4.21. The van der Waals surface area contributed by atoms with Crippen LogP contribution in [0.25, 0.3) is 0 Å². The predicted molar refractivity (Wildman–Crippen MR) is 58.3 cm³/mol. The van der Waals surface area contributed by atoms with Gasteiger partial charge in [0, 0.05) is 13.0 Å². The van der Waals surface area contributed by atoms with E-state index in [-0.39, 0.29) is 12.3 Å². The van der Waals surface area contributed by atoms with E-state index in [9.17, 15) is 8.78 Å². The highest BCUT2D eigenvalue weighted by Crippen LogP contribution is 2.52. The normalized spacial score (nSPS) is 40.0. The number of thiol groups is 1. The smallest absolute Gasteiger partial charge is 0.291 e. The molecule has 0 aromatic carbocycles. The second-order valence-electron chi connectivity index (χ2n) is 4.85. The number of ether oxygens (including phenoxy) is 1. The molecular weight excluding hydrogens is 218 g/mol. The summed E-state index contributed by atoms with van der Waals surface area (Å²) in [4.78, 5) is 0. The molecule has 2 saturated carbocycles. The molecule has 2 aliphatic rings. The Kier molecular flexibility index (Phi) is 3.27. The van der Waals surface area contributed by atoms with Gasteiger partial charge in [0.2, 0.25) is 0 Å². The number of hydrogen-bond acceptors (Lipinski definition) is 2. The van der Waals surface area contributed by atoms with E-state index >= 15 is 0 Å². The maximum absolute atomic E-state index is 12.8. The van der Waals surface area contributed by atoms with Crippen molar-refractivity contribution in [3.8, 4) is 0 Å². The molecule has 0 aromatic rings. The molecule has 4 atom stereocenters. The molecule has 2 bridgehead atoms. The minimum atomic E-state index is -2.80. The Morgan fingerprint density at radius 2 is 2.00 bits per heavy atom. The Bertz CT molecular complexity index is 229. The zero-order valence-electron chi connectivity index (χ0n) is 8.96. The van der Waals surface area contributed by atoms with Crippen LogP contribution >= 0.6 is 12.6 Å². The van der Waals surface area contributed by atoms with E-state index in [2.05, 4.69) is 12.6 Å². The van der Waals surface area contributed by atoms with Crippen molar-refractivity contribution in [2.24, 2.45) is 17.8 Å². The van der Waals surface area contributed by atoms with Gasteiger partial charge in [-0.2, -0.15) is 8.78 Å². The van der Waals surface area contributed by atoms with Gasteiger partial charge in [0.25, 0.3) is 5.25 Å². The maximum atomic E-state index is 12.8. The van der Waals surface area contributed by atoms with Crippen LogP contribution in [0, 0.1) is 17.8 Å². The molecule has 0 radical (unpaired) electrons. The largest absolute Gasteiger partial charge is 0.378 e. The van der Waals surface area contributed by atoms with E-state index in [1.807, 2.05) is 6.92 Å². The van der Waals surface area contributed by atoms with Crippen LogP contribution in [-0.2, 0) is 4.74 Å². The van der Waals surface area contributed by atoms with Gasteiger partial charge < -0.3 is 4.74 Å². The lowest BCUT2D eigenvalue weighted by molar-refractivity contribution is 0.00122. The van der Waals surface area contributed by atoms with Crippen molar-refractivity contribution in [2.45, 2.75) is 44.0 Å². The fourth-order valence-corrected chi connectivity index (χ4v) is 3.56. The highest BCUT2D eigenvalue weighted by atomic mass is 32.1. The summed E-state index contributed by atoms with van der Waals surface area (Å²) in [5.41, 5.74) is 0.